The summed E-state index contributed by atoms with van der Waals surface area (Å²) in [6.45, 7) is 11.2. The molecule has 0 aliphatic heterocycles. The van der Waals surface area contributed by atoms with Crippen LogP contribution in [0.15, 0.2) is 77.3 Å². The molecule has 0 saturated heterocycles. The van der Waals surface area contributed by atoms with E-state index in [4.69, 9.17) is 14.4 Å². The van der Waals surface area contributed by atoms with E-state index < -0.39 is 0 Å². The zero-order valence-electron chi connectivity index (χ0n) is 20.0. The number of aromatic nitrogens is 2. The van der Waals surface area contributed by atoms with Gasteiger partial charge in [-0.1, -0.05) is 58.9 Å². The molecule has 0 aliphatic rings. The monoisotopic (exact) mass is 434 g/mol. The minimum Gasteiger partial charge on any atom is -0.443 e. The zero-order valence-corrected chi connectivity index (χ0v) is 20.0. The highest BCUT2D eigenvalue weighted by molar-refractivity contribution is 5.91. The predicted molar refractivity (Wildman–Crippen MR) is 137 cm³/mol. The molecule has 2 aromatic carbocycles. The van der Waals surface area contributed by atoms with Crippen LogP contribution >= 0.6 is 0 Å². The number of rotatable bonds is 4. The Balaban J connectivity index is 1.58. The lowest BCUT2D eigenvalue weighted by molar-refractivity contribution is 0.494. The molecule has 0 spiro atoms. The summed E-state index contributed by atoms with van der Waals surface area (Å²) in [4.78, 5) is 9.53. The molecule has 0 radical (unpaired) electrons. The van der Waals surface area contributed by atoms with Crippen molar-refractivity contribution in [3.8, 4) is 22.5 Å². The van der Waals surface area contributed by atoms with Crippen LogP contribution < -0.4 is 0 Å². The largest absolute Gasteiger partial charge is 0.443 e. The molecule has 0 atom stereocenters. The van der Waals surface area contributed by atoms with E-state index in [1.165, 1.54) is 16.3 Å². The Kier molecular flexibility index (Phi) is 5.28. The van der Waals surface area contributed by atoms with Crippen molar-refractivity contribution in [3.05, 3.63) is 84.3 Å². The Hall–Kier alpha value is -3.46. The molecule has 5 rings (SSSR count). The number of fused-ring (bicyclic) bond motifs is 2. The molecule has 33 heavy (non-hydrogen) atoms. The molecule has 3 heteroatoms. The van der Waals surface area contributed by atoms with Crippen LogP contribution in [0.3, 0.4) is 0 Å². The summed E-state index contributed by atoms with van der Waals surface area (Å²) in [6.07, 6.45) is 2.79. The van der Waals surface area contributed by atoms with Crippen molar-refractivity contribution >= 4 is 21.9 Å². The fourth-order valence-electron chi connectivity index (χ4n) is 4.46. The summed E-state index contributed by atoms with van der Waals surface area (Å²) in [5, 5.41) is 3.58. The zero-order chi connectivity index (χ0) is 23.2. The molecule has 0 aliphatic carbocycles. The SMILES string of the molecule is CC(C)Cc1cc2ccc(-c3ccnc(-c4cc(C(C)(C)C)c5ccccc5c4)c3)nc2o1. The summed E-state index contributed by atoms with van der Waals surface area (Å²) < 4.78 is 6.03. The second kappa shape index (κ2) is 8.15. The van der Waals surface area contributed by atoms with Gasteiger partial charge in [0.05, 0.1) is 11.4 Å². The molecule has 0 unspecified atom stereocenters. The van der Waals surface area contributed by atoms with Crippen molar-refractivity contribution < 1.29 is 4.42 Å². The molecule has 3 heterocycles. The Bertz CT molecular complexity index is 1450. The molecule has 0 bridgehead atoms. The summed E-state index contributed by atoms with van der Waals surface area (Å²) in [7, 11) is 0. The van der Waals surface area contributed by atoms with Crippen molar-refractivity contribution in [1.82, 2.24) is 9.97 Å². The van der Waals surface area contributed by atoms with Gasteiger partial charge in [0, 0.05) is 29.1 Å². The van der Waals surface area contributed by atoms with Crippen LogP contribution in [0.25, 0.3) is 44.4 Å². The van der Waals surface area contributed by atoms with Gasteiger partial charge in [0.15, 0.2) is 0 Å². The van der Waals surface area contributed by atoms with Gasteiger partial charge in [0.2, 0.25) is 5.71 Å². The third kappa shape index (κ3) is 4.28. The maximum absolute atomic E-state index is 6.03. The molecule has 0 saturated carbocycles. The van der Waals surface area contributed by atoms with E-state index in [0.717, 1.165) is 40.1 Å². The van der Waals surface area contributed by atoms with Crippen LogP contribution in [0, 0.1) is 5.92 Å². The lowest BCUT2D eigenvalue weighted by Gasteiger charge is -2.22. The van der Waals surface area contributed by atoms with Crippen molar-refractivity contribution in [1.29, 1.82) is 0 Å². The number of pyridine rings is 2. The number of benzene rings is 2. The normalized spacial score (nSPS) is 12.2. The van der Waals surface area contributed by atoms with Gasteiger partial charge in [-0.3, -0.25) is 4.98 Å². The van der Waals surface area contributed by atoms with Crippen LogP contribution in [0.2, 0.25) is 0 Å². The minimum absolute atomic E-state index is 0.0345. The quantitative estimate of drug-likeness (QED) is 0.286. The van der Waals surface area contributed by atoms with Crippen LogP contribution in [-0.4, -0.2) is 9.97 Å². The molecule has 0 amide bonds. The van der Waals surface area contributed by atoms with E-state index in [-0.39, 0.29) is 5.41 Å². The third-order valence-electron chi connectivity index (χ3n) is 6.06. The number of hydrogen-bond donors (Lipinski definition) is 0. The van der Waals surface area contributed by atoms with Gasteiger partial charge in [-0.15, -0.1) is 0 Å². The number of nitrogens with zero attached hydrogens (tertiary/aromatic N) is 2. The van der Waals surface area contributed by atoms with Crippen LogP contribution in [0.1, 0.15) is 45.9 Å². The number of furan rings is 1. The predicted octanol–water partition coefficient (Wildman–Crippen LogP) is 8.21. The van der Waals surface area contributed by atoms with Gasteiger partial charge in [-0.05, 0) is 70.1 Å². The highest BCUT2D eigenvalue weighted by Crippen LogP contribution is 2.35. The van der Waals surface area contributed by atoms with Crippen LogP contribution in [-0.2, 0) is 11.8 Å². The summed E-state index contributed by atoms with van der Waals surface area (Å²) in [5.41, 5.74) is 6.07. The molecule has 3 aromatic heterocycles. The second-order valence-corrected chi connectivity index (χ2v) is 10.3. The fraction of sp³-hybridized carbons (Fsp3) is 0.267. The first-order valence-corrected chi connectivity index (χ1v) is 11.7. The summed E-state index contributed by atoms with van der Waals surface area (Å²) >= 11 is 0. The van der Waals surface area contributed by atoms with Crippen LogP contribution in [0.5, 0.6) is 0 Å². The Morgan fingerprint density at radius 1 is 0.818 bits per heavy atom. The van der Waals surface area contributed by atoms with Crippen molar-refractivity contribution in [2.75, 3.05) is 0 Å². The van der Waals surface area contributed by atoms with Crippen molar-refractivity contribution in [2.45, 2.75) is 46.5 Å². The minimum atomic E-state index is 0.0345. The lowest BCUT2D eigenvalue weighted by Crippen LogP contribution is -2.12. The molecule has 5 aromatic rings. The molecule has 3 nitrogen and oxygen atoms in total. The summed E-state index contributed by atoms with van der Waals surface area (Å²) in [5.74, 6) is 1.54. The Labute approximate surface area is 195 Å². The molecular formula is C30H30N2O. The van der Waals surface area contributed by atoms with E-state index in [1.54, 1.807) is 0 Å². The Morgan fingerprint density at radius 3 is 2.42 bits per heavy atom. The highest BCUT2D eigenvalue weighted by atomic mass is 16.3. The maximum Gasteiger partial charge on any atom is 0.226 e. The third-order valence-corrected chi connectivity index (χ3v) is 6.06. The van der Waals surface area contributed by atoms with Gasteiger partial charge in [0.25, 0.3) is 0 Å². The fourth-order valence-corrected chi connectivity index (χ4v) is 4.46. The molecule has 0 fully saturated rings. The van der Waals surface area contributed by atoms with E-state index >= 15 is 0 Å². The molecule has 0 N–H and O–H groups in total. The Morgan fingerprint density at radius 2 is 1.64 bits per heavy atom. The van der Waals surface area contributed by atoms with Crippen molar-refractivity contribution in [2.24, 2.45) is 5.92 Å². The van der Waals surface area contributed by atoms with Gasteiger partial charge >= 0.3 is 0 Å². The first-order chi connectivity index (χ1) is 15.8. The second-order valence-electron chi connectivity index (χ2n) is 10.3. The first kappa shape index (κ1) is 21.4. The molecule has 166 valence electrons. The molecular weight excluding hydrogens is 404 g/mol. The van der Waals surface area contributed by atoms with E-state index in [9.17, 15) is 0 Å². The van der Waals surface area contributed by atoms with Gasteiger partial charge in [0.1, 0.15) is 5.76 Å². The van der Waals surface area contributed by atoms with E-state index in [1.807, 2.05) is 12.3 Å². The lowest BCUT2D eigenvalue weighted by atomic mass is 9.82. The van der Waals surface area contributed by atoms with Gasteiger partial charge in [-0.2, -0.15) is 0 Å². The van der Waals surface area contributed by atoms with E-state index in [0.29, 0.717) is 11.6 Å². The van der Waals surface area contributed by atoms with Gasteiger partial charge < -0.3 is 4.42 Å². The topological polar surface area (TPSA) is 38.9 Å². The average Bonchev–Trinajstić information content (AvgIpc) is 3.18. The maximum atomic E-state index is 6.03. The standard InChI is InChI=1S/C30H30N2O/c1-19(2)14-24-16-22-10-11-27(32-29(22)33-24)21-12-13-31-28(18-21)23-15-20-8-6-7-9-25(20)26(17-23)30(3,4)5/h6-13,15-19H,14H2,1-5H3. The summed E-state index contributed by atoms with van der Waals surface area (Å²) in [6, 6.07) is 23.5. The van der Waals surface area contributed by atoms with Gasteiger partial charge in [-0.25, -0.2) is 4.98 Å². The van der Waals surface area contributed by atoms with Crippen LogP contribution in [0.4, 0.5) is 0 Å². The number of hydrogen-bond acceptors (Lipinski definition) is 3. The van der Waals surface area contributed by atoms with E-state index in [2.05, 4.69) is 95.3 Å². The first-order valence-electron chi connectivity index (χ1n) is 11.7. The average molecular weight is 435 g/mol. The van der Waals surface area contributed by atoms with Crippen molar-refractivity contribution in [3.63, 3.8) is 0 Å². The smallest absolute Gasteiger partial charge is 0.226 e. The highest BCUT2D eigenvalue weighted by Gasteiger charge is 2.19.